The molecule has 4 rings (SSSR count). The molecule has 2 heteroatoms. The Morgan fingerprint density at radius 2 is 1.59 bits per heavy atom. The molecule has 1 aliphatic rings. The summed E-state index contributed by atoms with van der Waals surface area (Å²) in [6.45, 7) is 2.14. The van der Waals surface area contributed by atoms with Crippen LogP contribution >= 0.6 is 0 Å². The van der Waals surface area contributed by atoms with Crippen molar-refractivity contribution in [3.8, 4) is 22.4 Å². The van der Waals surface area contributed by atoms with Crippen LogP contribution in [0.15, 0.2) is 48.5 Å². The van der Waals surface area contributed by atoms with Gasteiger partial charge in [-0.25, -0.2) is 0 Å². The zero-order valence-electron chi connectivity index (χ0n) is 12.8. The molecule has 3 aromatic rings. The van der Waals surface area contributed by atoms with Gasteiger partial charge in [0.25, 0.3) is 0 Å². The molecule has 1 heterocycles. The molecule has 0 saturated carbocycles. The molecular weight excluding hydrogens is 333 g/mol. The number of hydrogen-bond acceptors (Lipinski definition) is 1. The summed E-state index contributed by atoms with van der Waals surface area (Å²) >= 11 is 0.339. The summed E-state index contributed by atoms with van der Waals surface area (Å²) in [5.41, 5.74) is 8.08. The molecule has 0 saturated heterocycles. The summed E-state index contributed by atoms with van der Waals surface area (Å²) in [6, 6.07) is 17.6. The Bertz CT molecular complexity index is 799. The number of hydrogen-bond donors (Lipinski definition) is 0. The van der Waals surface area contributed by atoms with Gasteiger partial charge in [0.1, 0.15) is 0 Å². The molecule has 0 bridgehead atoms. The molecule has 110 valence electrons. The van der Waals surface area contributed by atoms with Crippen LogP contribution in [-0.2, 0) is 12.8 Å². The van der Waals surface area contributed by atoms with E-state index in [-0.39, 0.29) is 0 Å². The standard InChI is InChI=1S/C20H19NSe/c1-14-10-12-15(13-11-14)16-6-2-3-7-17(16)20-18-8-4-5-9-19(18)22-21-20/h2-3,6-7,10-13H,4-5,8-9H2,1H3. The fourth-order valence-electron chi connectivity index (χ4n) is 3.27. The molecule has 2 aromatic carbocycles. The maximum atomic E-state index is 4.96. The van der Waals surface area contributed by atoms with Gasteiger partial charge in [-0.15, -0.1) is 0 Å². The zero-order chi connectivity index (χ0) is 14.9. The Kier molecular flexibility index (Phi) is 3.73. The minimum absolute atomic E-state index is 0.339. The Hall–Kier alpha value is -1.63. The van der Waals surface area contributed by atoms with Crippen LogP contribution in [0.4, 0.5) is 0 Å². The van der Waals surface area contributed by atoms with E-state index in [2.05, 4.69) is 55.5 Å². The van der Waals surface area contributed by atoms with Crippen molar-refractivity contribution < 1.29 is 0 Å². The van der Waals surface area contributed by atoms with Gasteiger partial charge in [0, 0.05) is 0 Å². The Morgan fingerprint density at radius 3 is 2.41 bits per heavy atom. The van der Waals surface area contributed by atoms with Crippen molar-refractivity contribution in [3.05, 3.63) is 64.1 Å². The first-order valence-electron chi connectivity index (χ1n) is 7.97. The summed E-state index contributed by atoms with van der Waals surface area (Å²) in [6.07, 6.45) is 5.16. The molecule has 1 nitrogen and oxygen atoms in total. The maximum absolute atomic E-state index is 4.96. The van der Waals surface area contributed by atoms with Crippen molar-refractivity contribution in [2.75, 3.05) is 0 Å². The van der Waals surface area contributed by atoms with Crippen molar-refractivity contribution in [1.29, 1.82) is 0 Å². The first-order chi connectivity index (χ1) is 10.8. The Labute approximate surface area is 138 Å². The van der Waals surface area contributed by atoms with E-state index in [1.54, 1.807) is 10.0 Å². The molecule has 0 unspecified atom stereocenters. The van der Waals surface area contributed by atoms with E-state index in [9.17, 15) is 0 Å². The van der Waals surface area contributed by atoms with E-state index in [1.807, 2.05) is 0 Å². The van der Waals surface area contributed by atoms with Crippen molar-refractivity contribution in [1.82, 2.24) is 3.98 Å². The average Bonchev–Trinajstić information content (AvgIpc) is 3.00. The van der Waals surface area contributed by atoms with Crippen LogP contribution in [-0.4, -0.2) is 18.7 Å². The number of aromatic nitrogens is 1. The number of fused-ring (bicyclic) bond motifs is 1. The number of benzene rings is 2. The molecular formula is C20H19NSe. The predicted molar refractivity (Wildman–Crippen MR) is 93.4 cm³/mol. The number of aryl methyl sites for hydroxylation is 2. The van der Waals surface area contributed by atoms with Crippen LogP contribution in [0, 0.1) is 6.92 Å². The van der Waals surface area contributed by atoms with Crippen LogP contribution in [0.25, 0.3) is 22.4 Å². The van der Waals surface area contributed by atoms with Crippen molar-refractivity contribution in [3.63, 3.8) is 0 Å². The first-order valence-corrected chi connectivity index (χ1v) is 9.59. The van der Waals surface area contributed by atoms with Gasteiger partial charge in [-0.2, -0.15) is 0 Å². The number of nitrogens with zero attached hydrogens (tertiary/aromatic N) is 1. The molecule has 0 radical (unpaired) electrons. The average molecular weight is 352 g/mol. The van der Waals surface area contributed by atoms with Gasteiger partial charge in [-0.1, -0.05) is 0 Å². The van der Waals surface area contributed by atoms with Crippen LogP contribution in [0.1, 0.15) is 28.4 Å². The molecule has 0 atom stereocenters. The Balaban J connectivity index is 1.86. The van der Waals surface area contributed by atoms with E-state index in [4.69, 9.17) is 3.98 Å². The van der Waals surface area contributed by atoms with Crippen LogP contribution in [0.3, 0.4) is 0 Å². The monoisotopic (exact) mass is 353 g/mol. The van der Waals surface area contributed by atoms with Gasteiger partial charge in [0.2, 0.25) is 0 Å². The minimum atomic E-state index is 0.339. The molecule has 0 spiro atoms. The zero-order valence-corrected chi connectivity index (χ0v) is 14.5. The molecule has 1 aromatic heterocycles. The topological polar surface area (TPSA) is 12.9 Å². The van der Waals surface area contributed by atoms with Gasteiger partial charge in [-0.05, 0) is 0 Å². The molecule has 0 amide bonds. The molecule has 0 aliphatic heterocycles. The van der Waals surface area contributed by atoms with Crippen molar-refractivity contribution in [2.45, 2.75) is 32.6 Å². The third-order valence-electron chi connectivity index (χ3n) is 4.49. The predicted octanol–water partition coefficient (Wildman–Crippen LogP) is 4.66. The third-order valence-corrected chi connectivity index (χ3v) is 6.48. The van der Waals surface area contributed by atoms with Crippen LogP contribution in [0.2, 0.25) is 0 Å². The molecule has 1 aliphatic carbocycles. The summed E-state index contributed by atoms with van der Waals surface area (Å²) < 4.78 is 6.61. The summed E-state index contributed by atoms with van der Waals surface area (Å²) in [4.78, 5) is 0. The van der Waals surface area contributed by atoms with Crippen molar-refractivity contribution >= 4 is 14.7 Å². The Morgan fingerprint density at radius 1 is 0.864 bits per heavy atom. The SMILES string of the molecule is Cc1ccc(-c2ccccc2-c2n[se]c3c2CCCC3)cc1. The fraction of sp³-hybridized carbons (Fsp3) is 0.250. The van der Waals surface area contributed by atoms with Crippen molar-refractivity contribution in [2.24, 2.45) is 0 Å². The second-order valence-corrected chi connectivity index (χ2v) is 7.85. The molecule has 22 heavy (non-hydrogen) atoms. The van der Waals surface area contributed by atoms with Gasteiger partial charge < -0.3 is 0 Å². The quantitative estimate of drug-likeness (QED) is 0.612. The summed E-state index contributed by atoms with van der Waals surface area (Å²) in [5, 5.41) is 0. The van der Waals surface area contributed by atoms with Crippen LogP contribution in [0.5, 0.6) is 0 Å². The first kappa shape index (κ1) is 14.0. The summed E-state index contributed by atoms with van der Waals surface area (Å²) in [7, 11) is 0. The van der Waals surface area contributed by atoms with E-state index >= 15 is 0 Å². The van der Waals surface area contributed by atoms with Crippen LogP contribution < -0.4 is 0 Å². The van der Waals surface area contributed by atoms with Gasteiger partial charge in [0.05, 0.1) is 0 Å². The number of rotatable bonds is 2. The van der Waals surface area contributed by atoms with Gasteiger partial charge in [0.15, 0.2) is 0 Å². The molecule has 0 fully saturated rings. The van der Waals surface area contributed by atoms with E-state index in [0.29, 0.717) is 14.7 Å². The fourth-order valence-corrected chi connectivity index (χ4v) is 5.27. The van der Waals surface area contributed by atoms with Gasteiger partial charge >= 0.3 is 138 Å². The second-order valence-electron chi connectivity index (χ2n) is 6.05. The van der Waals surface area contributed by atoms with Gasteiger partial charge in [-0.3, -0.25) is 0 Å². The van der Waals surface area contributed by atoms with E-state index in [0.717, 1.165) is 0 Å². The normalized spacial score (nSPS) is 13.9. The van der Waals surface area contributed by atoms with E-state index in [1.165, 1.54) is 53.6 Å². The molecule has 0 N–H and O–H groups in total. The second kappa shape index (κ2) is 5.87. The third kappa shape index (κ3) is 2.47. The van der Waals surface area contributed by atoms with E-state index < -0.39 is 0 Å². The summed E-state index contributed by atoms with van der Waals surface area (Å²) in [5.74, 6) is 0.